The summed E-state index contributed by atoms with van der Waals surface area (Å²) < 4.78 is 27.6. The van der Waals surface area contributed by atoms with E-state index in [0.717, 1.165) is 19.4 Å². The van der Waals surface area contributed by atoms with Crippen LogP contribution in [0.5, 0.6) is 0 Å². The van der Waals surface area contributed by atoms with Crippen LogP contribution in [0.15, 0.2) is 33.6 Å². The molecule has 1 unspecified atom stereocenters. The van der Waals surface area contributed by atoms with Gasteiger partial charge in [0, 0.05) is 36.6 Å². The average Bonchev–Trinajstić information content (AvgIpc) is 2.54. The largest absolute Gasteiger partial charge is 0.341 e. The van der Waals surface area contributed by atoms with E-state index in [2.05, 4.69) is 25.6 Å². The molecule has 0 bridgehead atoms. The lowest BCUT2D eigenvalue weighted by Gasteiger charge is -2.36. The number of piperidine rings is 1. The molecule has 1 aliphatic rings. The van der Waals surface area contributed by atoms with E-state index in [1.54, 1.807) is 12.1 Å². The van der Waals surface area contributed by atoms with Gasteiger partial charge < -0.3 is 9.80 Å². The summed E-state index contributed by atoms with van der Waals surface area (Å²) in [5, 5.41) is 0. The molecule has 1 N–H and O–H groups in total. The molecule has 0 spiro atoms. The van der Waals surface area contributed by atoms with Gasteiger partial charge in [-0.15, -0.1) is 0 Å². The predicted molar refractivity (Wildman–Crippen MR) is 97.2 cm³/mol. The number of amides is 1. The molecule has 134 valence electrons. The lowest BCUT2D eigenvalue weighted by molar-refractivity contribution is -0.132. The van der Waals surface area contributed by atoms with Crippen molar-refractivity contribution in [2.75, 3.05) is 33.7 Å². The smallest absolute Gasteiger partial charge is 0.240 e. The lowest BCUT2D eigenvalue weighted by atomic mass is 10.0. The Kier molecular flexibility index (Phi) is 6.79. The number of sulfonamides is 1. The van der Waals surface area contributed by atoms with Gasteiger partial charge in [-0.25, -0.2) is 13.1 Å². The third-order valence-corrected chi connectivity index (χ3v) is 6.17. The number of nitrogens with one attached hydrogen (secondary N) is 1. The van der Waals surface area contributed by atoms with E-state index in [9.17, 15) is 13.2 Å². The molecule has 1 aromatic rings. The fraction of sp³-hybridized carbons (Fsp3) is 0.562. The minimum absolute atomic E-state index is 0.00140. The van der Waals surface area contributed by atoms with Crippen LogP contribution < -0.4 is 4.72 Å². The Morgan fingerprint density at radius 3 is 2.83 bits per heavy atom. The fourth-order valence-electron chi connectivity index (χ4n) is 2.77. The number of carbonyl (C=O) groups is 1. The minimum atomic E-state index is -3.59. The molecule has 1 saturated heterocycles. The summed E-state index contributed by atoms with van der Waals surface area (Å²) in [5.41, 5.74) is 0. The molecule has 1 aliphatic heterocycles. The van der Waals surface area contributed by atoms with Crippen molar-refractivity contribution in [2.24, 2.45) is 0 Å². The maximum Gasteiger partial charge on any atom is 0.240 e. The number of likely N-dealkylation sites (tertiary alicyclic amines) is 1. The van der Waals surface area contributed by atoms with Gasteiger partial charge in [0.05, 0.1) is 4.90 Å². The third-order valence-electron chi connectivity index (χ3n) is 4.22. The third kappa shape index (κ3) is 5.27. The topological polar surface area (TPSA) is 69.7 Å². The summed E-state index contributed by atoms with van der Waals surface area (Å²) in [6, 6.07) is 6.87. The summed E-state index contributed by atoms with van der Waals surface area (Å²) in [6.07, 6.45) is 2.25. The maximum atomic E-state index is 12.3. The molecular formula is C16H24BrN3O3S. The number of carbonyl (C=O) groups excluding carboxylic acids is 1. The Balaban J connectivity index is 1.86. The second-order valence-electron chi connectivity index (χ2n) is 6.20. The molecule has 0 aromatic heterocycles. The van der Waals surface area contributed by atoms with Crippen LogP contribution in [0.3, 0.4) is 0 Å². The highest BCUT2D eigenvalue weighted by Crippen LogP contribution is 2.16. The molecule has 1 heterocycles. The van der Waals surface area contributed by atoms with Crippen molar-refractivity contribution >= 4 is 31.9 Å². The highest BCUT2D eigenvalue weighted by Gasteiger charge is 2.24. The Hall–Kier alpha value is -0.960. The zero-order chi connectivity index (χ0) is 17.7. The van der Waals surface area contributed by atoms with Crippen molar-refractivity contribution in [1.29, 1.82) is 0 Å². The van der Waals surface area contributed by atoms with E-state index < -0.39 is 10.0 Å². The number of benzene rings is 1. The molecule has 24 heavy (non-hydrogen) atoms. The Labute approximate surface area is 152 Å². The van der Waals surface area contributed by atoms with E-state index in [1.165, 1.54) is 12.1 Å². The van der Waals surface area contributed by atoms with Crippen LogP contribution >= 0.6 is 15.9 Å². The number of rotatable bonds is 6. The van der Waals surface area contributed by atoms with Crippen LogP contribution in [-0.4, -0.2) is 63.9 Å². The molecule has 6 nitrogen and oxygen atoms in total. The maximum absolute atomic E-state index is 12.3. The summed E-state index contributed by atoms with van der Waals surface area (Å²) in [4.78, 5) is 16.5. The quantitative estimate of drug-likeness (QED) is 0.763. The minimum Gasteiger partial charge on any atom is -0.341 e. The van der Waals surface area contributed by atoms with Crippen molar-refractivity contribution in [1.82, 2.24) is 14.5 Å². The zero-order valence-corrected chi connectivity index (χ0v) is 16.4. The van der Waals surface area contributed by atoms with Gasteiger partial charge in [-0.1, -0.05) is 22.0 Å². The standard InChI is InChI=1S/C16H24BrN3O3S/c1-19(2)14-6-4-10-20(12-14)16(21)8-9-18-24(22,23)15-7-3-5-13(17)11-15/h3,5,7,11,14,18H,4,6,8-10,12H2,1-2H3. The number of halogens is 1. The van der Waals surface area contributed by atoms with Gasteiger partial charge in [0.1, 0.15) is 0 Å². The van der Waals surface area contributed by atoms with Gasteiger partial charge >= 0.3 is 0 Å². The highest BCUT2D eigenvalue weighted by atomic mass is 79.9. The van der Waals surface area contributed by atoms with Gasteiger partial charge in [0.15, 0.2) is 0 Å². The molecule has 1 fully saturated rings. The van der Waals surface area contributed by atoms with E-state index >= 15 is 0 Å². The van der Waals surface area contributed by atoms with Crippen LogP contribution in [-0.2, 0) is 14.8 Å². The number of nitrogens with zero attached hydrogens (tertiary/aromatic N) is 2. The molecule has 1 aromatic carbocycles. The van der Waals surface area contributed by atoms with Crippen molar-refractivity contribution in [3.63, 3.8) is 0 Å². The second kappa shape index (κ2) is 8.42. The van der Waals surface area contributed by atoms with Crippen LogP contribution in [0, 0.1) is 0 Å². The summed E-state index contributed by atoms with van der Waals surface area (Å²) >= 11 is 3.26. The molecule has 1 amide bonds. The van der Waals surface area contributed by atoms with Crippen LogP contribution in [0.2, 0.25) is 0 Å². The van der Waals surface area contributed by atoms with Gasteiger partial charge in [-0.2, -0.15) is 0 Å². The van der Waals surface area contributed by atoms with Crippen molar-refractivity contribution < 1.29 is 13.2 Å². The monoisotopic (exact) mass is 417 g/mol. The van der Waals surface area contributed by atoms with Crippen LogP contribution in [0.4, 0.5) is 0 Å². The van der Waals surface area contributed by atoms with Crippen LogP contribution in [0.25, 0.3) is 0 Å². The first-order valence-electron chi connectivity index (χ1n) is 7.99. The summed E-state index contributed by atoms with van der Waals surface area (Å²) in [6.45, 7) is 1.57. The van der Waals surface area contributed by atoms with E-state index in [-0.39, 0.29) is 23.8 Å². The Morgan fingerprint density at radius 2 is 2.17 bits per heavy atom. The average molecular weight is 418 g/mol. The van der Waals surface area contributed by atoms with E-state index in [1.807, 2.05) is 19.0 Å². The fourth-order valence-corrected chi connectivity index (χ4v) is 4.40. The Bertz CT molecular complexity index is 679. The first-order chi connectivity index (χ1) is 11.3. The highest BCUT2D eigenvalue weighted by molar-refractivity contribution is 9.10. The van der Waals surface area contributed by atoms with Crippen molar-refractivity contribution in [3.05, 3.63) is 28.7 Å². The molecule has 1 atom stereocenters. The number of hydrogen-bond acceptors (Lipinski definition) is 4. The van der Waals surface area contributed by atoms with Crippen LogP contribution in [0.1, 0.15) is 19.3 Å². The summed E-state index contributed by atoms with van der Waals surface area (Å²) in [5.74, 6) is -0.00140. The predicted octanol–water partition coefficient (Wildman–Crippen LogP) is 1.67. The normalized spacial score (nSPS) is 18.8. The molecular weight excluding hydrogens is 394 g/mol. The number of hydrogen-bond donors (Lipinski definition) is 1. The first kappa shape index (κ1) is 19.4. The van der Waals surface area contributed by atoms with E-state index in [4.69, 9.17) is 0 Å². The molecule has 8 heteroatoms. The molecule has 0 aliphatic carbocycles. The van der Waals surface area contributed by atoms with Gasteiger partial charge in [-0.05, 0) is 45.1 Å². The SMILES string of the molecule is CN(C)C1CCCN(C(=O)CCNS(=O)(=O)c2cccc(Br)c2)C1. The van der Waals surface area contributed by atoms with Gasteiger partial charge in [0.25, 0.3) is 0 Å². The lowest BCUT2D eigenvalue weighted by Crippen LogP contribution is -2.48. The van der Waals surface area contributed by atoms with Crippen molar-refractivity contribution in [3.8, 4) is 0 Å². The molecule has 0 saturated carbocycles. The number of likely N-dealkylation sites (N-methyl/N-ethyl adjacent to an activating group) is 1. The summed E-state index contributed by atoms with van der Waals surface area (Å²) in [7, 11) is 0.445. The van der Waals surface area contributed by atoms with E-state index in [0.29, 0.717) is 17.1 Å². The Morgan fingerprint density at radius 1 is 1.42 bits per heavy atom. The van der Waals surface area contributed by atoms with Crippen molar-refractivity contribution in [2.45, 2.75) is 30.2 Å². The zero-order valence-electron chi connectivity index (χ0n) is 14.0. The molecule has 0 radical (unpaired) electrons. The second-order valence-corrected chi connectivity index (χ2v) is 8.89. The molecule has 2 rings (SSSR count). The first-order valence-corrected chi connectivity index (χ1v) is 10.3. The van der Waals surface area contributed by atoms with Gasteiger partial charge in [-0.3, -0.25) is 4.79 Å². The van der Waals surface area contributed by atoms with Gasteiger partial charge in [0.2, 0.25) is 15.9 Å².